The molecular weight excluding hydrogens is 1180 g/mol. The number of hydrogen-bond acceptors (Lipinski definition) is 18. The fraction of sp³-hybridized carbons (Fsp3) is 0.433. The van der Waals surface area contributed by atoms with Crippen LogP contribution in [0.2, 0.25) is 0 Å². The number of carbonyl (C=O) groups excluding carboxylic acids is 4. The second-order valence-corrected chi connectivity index (χ2v) is 28.9. The number of nitriles is 1. The van der Waals surface area contributed by atoms with Gasteiger partial charge >= 0.3 is 18.3 Å². The van der Waals surface area contributed by atoms with Crippen LogP contribution >= 0.6 is 56.7 Å². The Bertz CT molecular complexity index is 3780. The highest BCUT2D eigenvalue weighted by atomic mass is 32.1. The van der Waals surface area contributed by atoms with Crippen LogP contribution in [0, 0.1) is 28.8 Å². The molecule has 1 fully saturated rings. The summed E-state index contributed by atoms with van der Waals surface area (Å²) in [6.07, 6.45) is 1.62. The summed E-state index contributed by atoms with van der Waals surface area (Å²) in [5.41, 5.74) is 17.2. The molecule has 3 amide bonds. The van der Waals surface area contributed by atoms with Crippen LogP contribution in [-0.4, -0.2) is 95.7 Å². The summed E-state index contributed by atoms with van der Waals surface area (Å²) in [4.78, 5) is 68.6. The molecule has 0 aliphatic carbocycles. The Morgan fingerprint density at radius 2 is 1.05 bits per heavy atom. The van der Waals surface area contributed by atoms with Crippen molar-refractivity contribution in [1.29, 1.82) is 5.26 Å². The number of thiazole rings is 3. The topological polar surface area (TPSA) is 220 Å². The van der Waals surface area contributed by atoms with Gasteiger partial charge < -0.3 is 40.4 Å². The van der Waals surface area contributed by atoms with Gasteiger partial charge in [0, 0.05) is 77.1 Å². The number of ether oxygens (including phenoxy) is 3. The molecule has 8 heterocycles. The molecule has 8 aromatic rings. The number of Topliss-reactive ketones (excluding diaryl/α,β-unsaturated/α-hetero) is 1. The highest BCUT2D eigenvalue weighted by Gasteiger charge is 2.37. The van der Waals surface area contributed by atoms with Crippen molar-refractivity contribution in [3.05, 3.63) is 97.9 Å². The molecule has 0 spiro atoms. The van der Waals surface area contributed by atoms with Gasteiger partial charge in [-0.05, 0) is 143 Å². The first-order valence-corrected chi connectivity index (χ1v) is 31.3. The Balaban J connectivity index is 0.000000154. The number of anilines is 2. The maximum absolute atomic E-state index is 13.5. The summed E-state index contributed by atoms with van der Waals surface area (Å²) in [5.74, 6) is -0.666. The molecule has 3 aromatic carbocycles. The molecule has 3 aliphatic heterocycles. The molecule has 446 valence electrons. The lowest BCUT2D eigenvalue weighted by molar-refractivity contribution is -0.122. The zero-order valence-corrected chi connectivity index (χ0v) is 53.0. The van der Waals surface area contributed by atoms with E-state index in [0.717, 1.165) is 61.1 Å². The van der Waals surface area contributed by atoms with Crippen LogP contribution in [-0.2, 0) is 44.8 Å². The number of amides is 3. The van der Waals surface area contributed by atoms with Crippen LogP contribution in [0.15, 0.2) is 54.6 Å². The Hall–Kier alpha value is -6.91. The summed E-state index contributed by atoms with van der Waals surface area (Å²) in [6.45, 7) is 24.1. The highest BCUT2D eigenvalue weighted by molar-refractivity contribution is 7.23. The minimum absolute atomic E-state index is 0.0121. The number of nitrogens with zero attached hydrogens (tertiary/aromatic N) is 7. The average Bonchev–Trinajstić information content (AvgIpc) is 3.66. The molecule has 0 radical (unpaired) electrons. The van der Waals surface area contributed by atoms with Crippen molar-refractivity contribution >= 4 is 121 Å². The predicted molar refractivity (Wildman–Crippen MR) is 330 cm³/mol. The number of benzene rings is 3. The lowest BCUT2D eigenvalue weighted by Gasteiger charge is -2.35. The van der Waals surface area contributed by atoms with Crippen LogP contribution in [0.3, 0.4) is 0 Å². The first-order chi connectivity index (χ1) is 39.3. The lowest BCUT2D eigenvalue weighted by Crippen LogP contribution is -2.46. The van der Waals surface area contributed by atoms with Gasteiger partial charge in [-0.2, -0.15) is 5.26 Å². The van der Waals surface area contributed by atoms with Gasteiger partial charge in [-0.1, -0.05) is 0 Å². The fourth-order valence-electron chi connectivity index (χ4n) is 9.56. The first-order valence-electron chi connectivity index (χ1n) is 27.2. The van der Waals surface area contributed by atoms with Gasteiger partial charge in [0.2, 0.25) is 0 Å². The third kappa shape index (κ3) is 15.3. The van der Waals surface area contributed by atoms with Crippen molar-refractivity contribution in [3.8, 4) is 27.2 Å². The predicted octanol–water partition coefficient (Wildman–Crippen LogP) is 15.5. The number of likely N-dealkylation sites (tertiary alicyclic amines) is 1. The van der Waals surface area contributed by atoms with Crippen molar-refractivity contribution in [2.75, 3.05) is 24.6 Å². The first kappa shape index (κ1) is 63.1. The Morgan fingerprint density at radius 1 is 0.607 bits per heavy atom. The number of fused-ring (bicyclic) bond motifs is 5. The molecule has 3 unspecified atom stereocenters. The van der Waals surface area contributed by atoms with Crippen LogP contribution in [0.1, 0.15) is 128 Å². The number of rotatable bonds is 3. The molecule has 11 rings (SSSR count). The Kier molecular flexibility index (Phi) is 19.0. The maximum Gasteiger partial charge on any atom is 0.410 e. The number of carbonyl (C=O) groups is 4. The third-order valence-corrected chi connectivity index (χ3v) is 18.7. The molecule has 5 aromatic heterocycles. The second kappa shape index (κ2) is 25.4. The standard InChI is InChI=1S/2C20H22FN3O2S2.C11H19NO3.C9H5FN2S/c1-10-7-12-15(9-24(10)19(25)26-20(2,3)4)27-17(22)16(12)18-23-13-8-11(21)5-6-14(13)28-18;1-10-16-12(7-8-24(10)19(25)26-20(2,3)4)15(17(22)28-16)18-23-13-9-11(21)5-6-14(13)27-18;1-8-7-9(13)5-6-12(8)10(14)15-11(2,3)4;10-6-1-2-8-7(5-6)12-9(13-8)3-4-11/h5-6,8,10H,7,9,22H2,1-4H3;5-6,9-10H,7-8,22H2,1-4H3;8H,5-7H2,1-4H3;1-2,5H,3H2. The van der Waals surface area contributed by atoms with E-state index in [-0.39, 0.29) is 59.6 Å². The van der Waals surface area contributed by atoms with Crippen molar-refractivity contribution in [3.63, 3.8) is 0 Å². The second-order valence-electron chi connectivity index (χ2n) is 23.5. The number of piperidine rings is 1. The minimum Gasteiger partial charge on any atom is -0.444 e. The van der Waals surface area contributed by atoms with Gasteiger partial charge in [-0.15, -0.1) is 56.7 Å². The van der Waals surface area contributed by atoms with Gasteiger partial charge in [0.05, 0.1) is 65.7 Å². The monoisotopic (exact) mass is 1240 g/mol. The van der Waals surface area contributed by atoms with E-state index < -0.39 is 16.8 Å². The average molecular weight is 1240 g/mol. The zero-order chi connectivity index (χ0) is 61.3. The third-order valence-electron chi connectivity index (χ3n) is 13.3. The number of nitrogen functional groups attached to an aromatic ring is 2. The van der Waals surface area contributed by atoms with Gasteiger partial charge in [-0.3, -0.25) is 4.79 Å². The molecule has 16 nitrogen and oxygen atoms in total. The van der Waals surface area contributed by atoms with Crippen LogP contribution in [0.25, 0.3) is 51.8 Å². The van der Waals surface area contributed by atoms with Crippen LogP contribution in [0.4, 0.5) is 37.6 Å². The van der Waals surface area contributed by atoms with E-state index in [1.807, 2.05) is 89.2 Å². The molecule has 84 heavy (non-hydrogen) atoms. The molecule has 1 saturated heterocycles. The summed E-state index contributed by atoms with van der Waals surface area (Å²) in [6, 6.07) is 15.6. The summed E-state index contributed by atoms with van der Waals surface area (Å²) in [5, 5.41) is 12.1. The van der Waals surface area contributed by atoms with Crippen molar-refractivity contribution in [2.24, 2.45) is 0 Å². The molecule has 24 heteroatoms. The molecular formula is C60H68F3N9O7S5. The number of thiophene rings is 2. The van der Waals surface area contributed by atoms with E-state index in [4.69, 9.17) is 30.9 Å². The van der Waals surface area contributed by atoms with Gasteiger partial charge in [0.25, 0.3) is 0 Å². The molecule has 0 bridgehead atoms. The quantitative estimate of drug-likeness (QED) is 0.157. The van der Waals surface area contributed by atoms with E-state index in [9.17, 15) is 32.3 Å². The maximum atomic E-state index is 13.5. The van der Waals surface area contributed by atoms with Gasteiger partial charge in [-0.25, -0.2) is 42.5 Å². The minimum atomic E-state index is -0.535. The number of hydrogen-bond donors (Lipinski definition) is 2. The number of aromatic nitrogens is 3. The number of halogens is 3. The van der Waals surface area contributed by atoms with Crippen molar-refractivity contribution < 1.29 is 46.6 Å². The van der Waals surface area contributed by atoms with Crippen LogP contribution < -0.4 is 11.5 Å². The van der Waals surface area contributed by atoms with E-state index >= 15 is 0 Å². The Labute approximate surface area is 506 Å². The van der Waals surface area contributed by atoms with E-state index in [1.54, 1.807) is 32.9 Å². The summed E-state index contributed by atoms with van der Waals surface area (Å²) >= 11 is 7.43. The van der Waals surface area contributed by atoms with E-state index in [0.29, 0.717) is 78.3 Å². The Morgan fingerprint density at radius 3 is 1.55 bits per heavy atom. The van der Waals surface area contributed by atoms with E-state index in [2.05, 4.69) is 15.0 Å². The summed E-state index contributed by atoms with van der Waals surface area (Å²) in [7, 11) is 0. The molecule has 3 atom stereocenters. The van der Waals surface area contributed by atoms with Crippen molar-refractivity contribution in [2.45, 2.75) is 157 Å². The summed E-state index contributed by atoms with van der Waals surface area (Å²) < 4.78 is 58.9. The van der Waals surface area contributed by atoms with Gasteiger partial charge in [0.15, 0.2) is 0 Å². The molecule has 3 aliphatic rings. The fourth-order valence-corrected chi connectivity index (χ4v) is 14.9. The van der Waals surface area contributed by atoms with Gasteiger partial charge in [0.1, 0.15) is 55.1 Å². The van der Waals surface area contributed by atoms with E-state index in [1.165, 1.54) is 93.1 Å². The van der Waals surface area contributed by atoms with Crippen LogP contribution in [0.5, 0.6) is 0 Å². The molecule has 4 N–H and O–H groups in total. The lowest BCUT2D eigenvalue weighted by atomic mass is 9.98. The largest absolute Gasteiger partial charge is 0.444 e. The number of nitrogens with two attached hydrogens (primary N) is 2. The highest BCUT2D eigenvalue weighted by Crippen LogP contribution is 2.48. The smallest absolute Gasteiger partial charge is 0.410 e. The SMILES string of the molecule is CC1CC(=O)CCN1C(=O)OC(C)(C)C.CC1Cc2c(sc(N)c2-c2nc3cc(F)ccc3s2)CN1C(=O)OC(C)(C)C.CC1c2sc(N)c(-c3nc4cc(F)ccc4s3)c2CCN1C(=O)OC(C)(C)C.N#CCc1nc2cc(F)ccc2s1. The van der Waals surface area contributed by atoms with Crippen molar-refractivity contribution in [1.82, 2.24) is 29.7 Å². The number of ketones is 1. The normalized spacial score (nSPS) is 17.0. The molecule has 0 saturated carbocycles. The zero-order valence-electron chi connectivity index (χ0n) is 48.9.